The van der Waals surface area contributed by atoms with Crippen molar-refractivity contribution in [2.75, 3.05) is 12.9 Å². The molecule has 1 saturated carbocycles. The number of hydrogen-bond acceptors (Lipinski definition) is 4. The van der Waals surface area contributed by atoms with Crippen LogP contribution in [0.1, 0.15) is 76.0 Å². The molecule has 2 aliphatic carbocycles. The Morgan fingerprint density at radius 1 is 1.00 bits per heavy atom. The van der Waals surface area contributed by atoms with Gasteiger partial charge in [-0.15, -0.1) is 11.8 Å². The van der Waals surface area contributed by atoms with E-state index in [-0.39, 0.29) is 17.4 Å². The lowest BCUT2D eigenvalue weighted by Crippen LogP contribution is -2.50. The third-order valence-corrected chi connectivity index (χ3v) is 12.1. The molecule has 0 aliphatic heterocycles. The highest BCUT2D eigenvalue weighted by atomic mass is 32.2. The summed E-state index contributed by atoms with van der Waals surface area (Å²) in [6.45, 7) is 10.1. The fourth-order valence-electron chi connectivity index (χ4n) is 8.98. The number of carbonyl (C=O) groups is 1. The zero-order valence-electron chi connectivity index (χ0n) is 28.8. The summed E-state index contributed by atoms with van der Waals surface area (Å²) in [4.78, 5) is 17.8. The van der Waals surface area contributed by atoms with E-state index < -0.39 is 5.97 Å². The fourth-order valence-corrected chi connectivity index (χ4v) is 9.60. The third-order valence-electron chi connectivity index (χ3n) is 11.3. The highest BCUT2D eigenvalue weighted by Gasteiger charge is 2.52. The van der Waals surface area contributed by atoms with Crippen LogP contribution in [0.3, 0.4) is 0 Å². The maximum atomic E-state index is 11.3. The Balaban J connectivity index is 1.33. The average molecular weight is 659 g/mol. The van der Waals surface area contributed by atoms with E-state index in [2.05, 4.69) is 105 Å². The van der Waals surface area contributed by atoms with Crippen molar-refractivity contribution >= 4 is 28.8 Å². The smallest absolute Gasteiger partial charge is 0.341 e. The second-order valence-corrected chi connectivity index (χ2v) is 15.6. The van der Waals surface area contributed by atoms with Gasteiger partial charge < -0.3 is 14.4 Å². The lowest BCUT2D eigenvalue weighted by atomic mass is 9.49. The number of ether oxygens (including phenoxy) is 1. The highest BCUT2D eigenvalue weighted by molar-refractivity contribution is 7.98. The summed E-state index contributed by atoms with van der Waals surface area (Å²) in [7, 11) is 0. The quantitative estimate of drug-likeness (QED) is 0.160. The minimum Gasteiger partial charge on any atom is -0.482 e. The Hall–Kier alpha value is -4.03. The van der Waals surface area contributed by atoms with Gasteiger partial charge in [-0.05, 0) is 113 Å². The predicted octanol–water partition coefficient (Wildman–Crippen LogP) is 10.4. The second-order valence-electron chi connectivity index (χ2n) is 14.7. The molecule has 6 heteroatoms. The van der Waals surface area contributed by atoms with E-state index in [1.54, 1.807) is 22.9 Å². The number of nitrogens with zero attached hydrogens (tertiary/aromatic N) is 2. The summed E-state index contributed by atoms with van der Waals surface area (Å²) < 4.78 is 8.06. The van der Waals surface area contributed by atoms with Crippen LogP contribution in [0.5, 0.6) is 5.75 Å². The standard InChI is InChI=1S/C42H46N2O3S/c1-27(2)28-14-17-34-30(22-28)16-19-38-41(3,20-9-21-42(34,38)4)26-44-36-18-15-29(33-12-6-7-13-37(33)48-5)24-35(36)43-40(44)31-10-8-11-32(23-31)47-25-39(45)46/h6-8,10-15,17-18,22-24,27,38H,9,16,19-21,25-26H2,1-5H3,(H,45,46)/t38-,41+,42+/m0/s1. The van der Waals surface area contributed by atoms with Crippen LogP contribution in [0.4, 0.5) is 0 Å². The molecule has 248 valence electrons. The first-order valence-electron chi connectivity index (χ1n) is 17.3. The number of hydrogen-bond donors (Lipinski definition) is 1. The molecule has 0 amide bonds. The van der Waals surface area contributed by atoms with E-state index in [1.165, 1.54) is 41.7 Å². The molecule has 3 atom stereocenters. The van der Waals surface area contributed by atoms with E-state index in [0.29, 0.717) is 17.6 Å². The van der Waals surface area contributed by atoms with Crippen LogP contribution in [-0.2, 0) is 23.2 Å². The van der Waals surface area contributed by atoms with Crippen molar-refractivity contribution in [3.05, 3.63) is 102 Å². The minimum absolute atomic E-state index is 0.0608. The molecule has 1 N–H and O–H groups in total. The van der Waals surface area contributed by atoms with Crippen LogP contribution >= 0.6 is 11.8 Å². The van der Waals surface area contributed by atoms with Gasteiger partial charge in [0.25, 0.3) is 0 Å². The number of rotatable bonds is 9. The molecule has 0 radical (unpaired) electrons. The first kappa shape index (κ1) is 32.5. The predicted molar refractivity (Wildman–Crippen MR) is 197 cm³/mol. The molecule has 1 fully saturated rings. The summed E-state index contributed by atoms with van der Waals surface area (Å²) in [5.41, 5.74) is 10.1. The van der Waals surface area contributed by atoms with Crippen LogP contribution in [-0.4, -0.2) is 33.5 Å². The van der Waals surface area contributed by atoms with Gasteiger partial charge in [-0.2, -0.15) is 0 Å². The zero-order valence-corrected chi connectivity index (χ0v) is 29.6. The topological polar surface area (TPSA) is 64.3 Å². The molecule has 7 rings (SSSR count). The molecule has 5 nitrogen and oxygen atoms in total. The van der Waals surface area contributed by atoms with Crippen LogP contribution < -0.4 is 4.74 Å². The Bertz CT molecular complexity index is 2000. The van der Waals surface area contributed by atoms with Gasteiger partial charge in [0.05, 0.1) is 11.0 Å². The molecule has 0 spiro atoms. The number of thioether (sulfide) groups is 1. The number of benzene rings is 4. The van der Waals surface area contributed by atoms with E-state index in [1.807, 2.05) is 18.2 Å². The second kappa shape index (κ2) is 12.8. The van der Waals surface area contributed by atoms with Crippen LogP contribution in [0.25, 0.3) is 33.5 Å². The number of aliphatic carboxylic acids is 1. The minimum atomic E-state index is -0.992. The van der Waals surface area contributed by atoms with Gasteiger partial charge in [0.2, 0.25) is 0 Å². The van der Waals surface area contributed by atoms with Crippen molar-refractivity contribution in [2.45, 2.75) is 82.6 Å². The SMILES string of the molecule is CSc1ccccc1-c1ccc2c(c1)nc(-c1cccc(OCC(=O)O)c1)n2C[C@@]1(C)CCC[C@]2(C)c3ccc(C(C)C)cc3CC[C@@H]12. The Kier molecular flexibility index (Phi) is 8.65. The summed E-state index contributed by atoms with van der Waals surface area (Å²) in [6, 6.07) is 30.3. The monoisotopic (exact) mass is 658 g/mol. The first-order valence-corrected chi connectivity index (χ1v) is 18.5. The van der Waals surface area contributed by atoms with Gasteiger partial charge in [0.15, 0.2) is 6.61 Å². The lowest BCUT2D eigenvalue weighted by Gasteiger charge is -2.56. The van der Waals surface area contributed by atoms with Crippen molar-refractivity contribution in [2.24, 2.45) is 11.3 Å². The number of carboxylic acids is 1. The normalized spacial score (nSPS) is 22.0. The molecule has 48 heavy (non-hydrogen) atoms. The summed E-state index contributed by atoms with van der Waals surface area (Å²) in [5.74, 6) is 1.51. The maximum Gasteiger partial charge on any atom is 0.341 e. The van der Waals surface area contributed by atoms with Crippen LogP contribution in [0.15, 0.2) is 89.8 Å². The summed E-state index contributed by atoms with van der Waals surface area (Å²) in [6.07, 6.45) is 8.04. The van der Waals surface area contributed by atoms with Crippen molar-refractivity contribution in [1.29, 1.82) is 0 Å². The fraction of sp³-hybridized carbons (Fsp3) is 0.381. The Morgan fingerprint density at radius 3 is 2.62 bits per heavy atom. The van der Waals surface area contributed by atoms with Gasteiger partial charge in [-0.25, -0.2) is 9.78 Å². The number of aromatic nitrogens is 2. The van der Waals surface area contributed by atoms with Crippen molar-refractivity contribution in [1.82, 2.24) is 9.55 Å². The van der Waals surface area contributed by atoms with Gasteiger partial charge in [0, 0.05) is 17.0 Å². The average Bonchev–Trinajstić information content (AvgIpc) is 3.44. The van der Waals surface area contributed by atoms with E-state index in [9.17, 15) is 9.90 Å². The van der Waals surface area contributed by atoms with Crippen molar-refractivity contribution < 1.29 is 14.6 Å². The molecular formula is C42H46N2O3S. The molecule has 0 saturated heterocycles. The number of fused-ring (bicyclic) bond motifs is 4. The highest BCUT2D eigenvalue weighted by Crippen LogP contribution is 2.58. The van der Waals surface area contributed by atoms with Crippen LogP contribution in [0.2, 0.25) is 0 Å². The van der Waals surface area contributed by atoms with Gasteiger partial charge in [-0.1, -0.05) is 88.7 Å². The Morgan fingerprint density at radius 2 is 1.83 bits per heavy atom. The zero-order chi connectivity index (χ0) is 33.6. The molecule has 1 aromatic heterocycles. The van der Waals surface area contributed by atoms with E-state index in [4.69, 9.17) is 9.72 Å². The van der Waals surface area contributed by atoms with Crippen molar-refractivity contribution in [3.8, 4) is 28.3 Å². The van der Waals surface area contributed by atoms with Gasteiger partial charge in [-0.3, -0.25) is 0 Å². The first-order chi connectivity index (χ1) is 23.1. The number of aryl methyl sites for hydroxylation is 1. The van der Waals surface area contributed by atoms with Gasteiger partial charge >= 0.3 is 5.97 Å². The third kappa shape index (κ3) is 5.83. The molecule has 5 aromatic rings. The lowest BCUT2D eigenvalue weighted by molar-refractivity contribution is -0.139. The molecule has 0 bridgehead atoms. The molecule has 1 heterocycles. The molecule has 2 aliphatic rings. The van der Waals surface area contributed by atoms with Crippen molar-refractivity contribution in [3.63, 3.8) is 0 Å². The van der Waals surface area contributed by atoms with Crippen LogP contribution in [0, 0.1) is 11.3 Å². The Labute approximate surface area is 288 Å². The summed E-state index contributed by atoms with van der Waals surface area (Å²) in [5, 5.41) is 9.24. The van der Waals surface area contributed by atoms with E-state index in [0.717, 1.165) is 41.0 Å². The van der Waals surface area contributed by atoms with E-state index >= 15 is 0 Å². The molecule has 4 aromatic carbocycles. The molecular weight excluding hydrogens is 613 g/mol. The largest absolute Gasteiger partial charge is 0.482 e. The van der Waals surface area contributed by atoms with Gasteiger partial charge in [0.1, 0.15) is 11.6 Å². The maximum absolute atomic E-state index is 11.3. The summed E-state index contributed by atoms with van der Waals surface area (Å²) >= 11 is 1.76. The molecule has 0 unspecified atom stereocenters. The number of imidazole rings is 1. The number of carboxylic acid groups (broad SMARTS) is 1.